The topological polar surface area (TPSA) is 70.8 Å². The highest BCUT2D eigenvalue weighted by atomic mass is 16.5. The summed E-state index contributed by atoms with van der Waals surface area (Å²) in [6, 6.07) is 12.1. The van der Waals surface area contributed by atoms with E-state index in [0.717, 1.165) is 11.3 Å². The monoisotopic (exact) mass is 287 g/mol. The molecule has 0 spiro atoms. The molecule has 5 nitrogen and oxygen atoms in total. The summed E-state index contributed by atoms with van der Waals surface area (Å²) in [6.45, 7) is 0.175. The summed E-state index contributed by atoms with van der Waals surface area (Å²) in [5, 5.41) is 0. The van der Waals surface area contributed by atoms with Crippen LogP contribution < -0.4 is 15.2 Å². The van der Waals surface area contributed by atoms with Crippen LogP contribution in [0.3, 0.4) is 0 Å². The second-order valence-electron chi connectivity index (χ2n) is 4.38. The van der Waals surface area contributed by atoms with Gasteiger partial charge in [-0.25, -0.2) is 4.79 Å². The third-order valence-corrected chi connectivity index (χ3v) is 3.01. The van der Waals surface area contributed by atoms with Gasteiger partial charge < -0.3 is 19.9 Å². The van der Waals surface area contributed by atoms with E-state index in [0.29, 0.717) is 17.0 Å². The third-order valence-electron chi connectivity index (χ3n) is 3.01. The fourth-order valence-electron chi connectivity index (χ4n) is 1.80. The number of ether oxygens (including phenoxy) is 3. The average Bonchev–Trinajstić information content (AvgIpc) is 2.52. The van der Waals surface area contributed by atoms with Gasteiger partial charge in [0.05, 0.1) is 19.8 Å². The zero-order valence-electron chi connectivity index (χ0n) is 12.0. The van der Waals surface area contributed by atoms with Crippen molar-refractivity contribution in [3.05, 3.63) is 53.6 Å². The van der Waals surface area contributed by atoms with Crippen molar-refractivity contribution in [2.75, 3.05) is 20.0 Å². The van der Waals surface area contributed by atoms with Crippen molar-refractivity contribution >= 4 is 11.7 Å². The largest absolute Gasteiger partial charge is 0.497 e. The van der Waals surface area contributed by atoms with Crippen molar-refractivity contribution in [3.8, 4) is 11.5 Å². The average molecular weight is 287 g/mol. The van der Waals surface area contributed by atoms with Crippen molar-refractivity contribution in [1.29, 1.82) is 0 Å². The highest BCUT2D eigenvalue weighted by Gasteiger charge is 2.12. The Morgan fingerprint density at radius 3 is 2.19 bits per heavy atom. The smallest absolute Gasteiger partial charge is 0.340 e. The van der Waals surface area contributed by atoms with E-state index in [2.05, 4.69) is 0 Å². The number of carbonyl (C=O) groups excluding carboxylic acids is 1. The van der Waals surface area contributed by atoms with Gasteiger partial charge in [0.15, 0.2) is 0 Å². The highest BCUT2D eigenvalue weighted by Crippen LogP contribution is 2.21. The van der Waals surface area contributed by atoms with E-state index in [4.69, 9.17) is 19.9 Å². The Morgan fingerprint density at radius 2 is 1.62 bits per heavy atom. The van der Waals surface area contributed by atoms with Crippen LogP contribution in [-0.4, -0.2) is 20.2 Å². The Hall–Kier alpha value is -2.69. The lowest BCUT2D eigenvalue weighted by Gasteiger charge is -2.09. The van der Waals surface area contributed by atoms with Gasteiger partial charge in [-0.3, -0.25) is 0 Å². The predicted octanol–water partition coefficient (Wildman–Crippen LogP) is 2.64. The molecule has 21 heavy (non-hydrogen) atoms. The molecule has 2 N–H and O–H groups in total. The maximum atomic E-state index is 12.0. The number of rotatable bonds is 5. The van der Waals surface area contributed by atoms with Gasteiger partial charge in [0, 0.05) is 11.8 Å². The fourth-order valence-corrected chi connectivity index (χ4v) is 1.80. The zero-order chi connectivity index (χ0) is 15.2. The lowest BCUT2D eigenvalue weighted by atomic mass is 10.1. The molecule has 0 aromatic heterocycles. The molecule has 0 atom stereocenters. The molecule has 0 unspecified atom stereocenters. The van der Waals surface area contributed by atoms with Crippen molar-refractivity contribution in [1.82, 2.24) is 0 Å². The van der Waals surface area contributed by atoms with E-state index in [1.54, 1.807) is 25.3 Å². The van der Waals surface area contributed by atoms with Crippen molar-refractivity contribution < 1.29 is 19.0 Å². The molecule has 5 heteroatoms. The molecule has 0 fully saturated rings. The molecular formula is C16H17NO4. The molecule has 0 saturated heterocycles. The molecule has 110 valence electrons. The summed E-state index contributed by atoms with van der Waals surface area (Å²) in [5.41, 5.74) is 7.33. The summed E-state index contributed by atoms with van der Waals surface area (Å²) >= 11 is 0. The number of nitrogen functional groups attached to an aromatic ring is 1. The summed E-state index contributed by atoms with van der Waals surface area (Å²) in [6.07, 6.45) is 0. The van der Waals surface area contributed by atoms with Crippen LogP contribution in [-0.2, 0) is 11.3 Å². The van der Waals surface area contributed by atoms with Gasteiger partial charge >= 0.3 is 5.97 Å². The van der Waals surface area contributed by atoms with Gasteiger partial charge in [0.1, 0.15) is 18.1 Å². The molecule has 2 aromatic carbocycles. The van der Waals surface area contributed by atoms with E-state index in [9.17, 15) is 4.79 Å². The van der Waals surface area contributed by atoms with Gasteiger partial charge in [0.2, 0.25) is 0 Å². The quantitative estimate of drug-likeness (QED) is 0.676. The number of hydrogen-bond donors (Lipinski definition) is 1. The Bertz CT molecular complexity index is 623. The van der Waals surface area contributed by atoms with E-state index in [-0.39, 0.29) is 6.61 Å². The number of anilines is 1. The first kappa shape index (κ1) is 14.7. The molecular weight excluding hydrogens is 270 g/mol. The summed E-state index contributed by atoms with van der Waals surface area (Å²) in [5.74, 6) is 0.884. The lowest BCUT2D eigenvalue weighted by Crippen LogP contribution is -2.08. The Balaban J connectivity index is 2.00. The molecule has 0 aliphatic carbocycles. The van der Waals surface area contributed by atoms with Gasteiger partial charge in [-0.1, -0.05) is 12.1 Å². The maximum Gasteiger partial charge on any atom is 0.340 e. The Kier molecular flexibility index (Phi) is 4.66. The van der Waals surface area contributed by atoms with Gasteiger partial charge in [-0.05, 0) is 29.8 Å². The first-order valence-corrected chi connectivity index (χ1v) is 6.37. The predicted molar refractivity (Wildman–Crippen MR) is 79.5 cm³/mol. The molecule has 0 aliphatic rings. The van der Waals surface area contributed by atoms with Gasteiger partial charge in [0.25, 0.3) is 0 Å². The van der Waals surface area contributed by atoms with E-state index >= 15 is 0 Å². The molecule has 0 radical (unpaired) electrons. The zero-order valence-corrected chi connectivity index (χ0v) is 12.0. The minimum absolute atomic E-state index is 0.175. The first-order chi connectivity index (χ1) is 10.1. The minimum atomic E-state index is -0.467. The van der Waals surface area contributed by atoms with Crippen LogP contribution in [0.15, 0.2) is 42.5 Å². The summed E-state index contributed by atoms with van der Waals surface area (Å²) in [7, 11) is 3.14. The summed E-state index contributed by atoms with van der Waals surface area (Å²) < 4.78 is 15.3. The second kappa shape index (κ2) is 6.65. The SMILES string of the molecule is COc1ccc(COC(=O)c2ccc(OC)cc2N)cc1. The van der Waals surface area contributed by atoms with Crippen LogP contribution >= 0.6 is 0 Å². The van der Waals surface area contributed by atoms with Crippen LogP contribution in [0.2, 0.25) is 0 Å². The maximum absolute atomic E-state index is 12.0. The fraction of sp³-hybridized carbons (Fsp3) is 0.188. The van der Waals surface area contributed by atoms with Crippen LogP contribution in [0.4, 0.5) is 5.69 Å². The van der Waals surface area contributed by atoms with Gasteiger partial charge in [-0.15, -0.1) is 0 Å². The molecule has 0 aliphatic heterocycles. The van der Waals surface area contributed by atoms with E-state index in [1.807, 2.05) is 24.3 Å². The number of carbonyl (C=O) groups is 1. The van der Waals surface area contributed by atoms with Crippen LogP contribution in [0.1, 0.15) is 15.9 Å². The normalized spacial score (nSPS) is 10.0. The third kappa shape index (κ3) is 3.66. The van der Waals surface area contributed by atoms with E-state index in [1.165, 1.54) is 7.11 Å². The number of methoxy groups -OCH3 is 2. The Morgan fingerprint density at radius 1 is 1.00 bits per heavy atom. The van der Waals surface area contributed by atoms with Crippen molar-refractivity contribution in [2.45, 2.75) is 6.61 Å². The van der Waals surface area contributed by atoms with Crippen LogP contribution in [0, 0.1) is 0 Å². The van der Waals surface area contributed by atoms with Gasteiger partial charge in [-0.2, -0.15) is 0 Å². The minimum Gasteiger partial charge on any atom is -0.497 e. The number of hydrogen-bond acceptors (Lipinski definition) is 5. The van der Waals surface area contributed by atoms with Crippen molar-refractivity contribution in [2.24, 2.45) is 0 Å². The highest BCUT2D eigenvalue weighted by molar-refractivity contribution is 5.95. The molecule has 0 saturated carbocycles. The van der Waals surface area contributed by atoms with Crippen LogP contribution in [0.5, 0.6) is 11.5 Å². The molecule has 0 bridgehead atoms. The number of nitrogens with two attached hydrogens (primary N) is 1. The standard InChI is InChI=1S/C16H17NO4/c1-19-12-5-3-11(4-6-12)10-21-16(18)14-8-7-13(20-2)9-15(14)17/h3-9H,10,17H2,1-2H3. The number of benzene rings is 2. The molecule has 0 heterocycles. The molecule has 2 aromatic rings. The Labute approximate surface area is 123 Å². The van der Waals surface area contributed by atoms with Crippen molar-refractivity contribution in [3.63, 3.8) is 0 Å². The number of esters is 1. The first-order valence-electron chi connectivity index (χ1n) is 6.37. The second-order valence-corrected chi connectivity index (χ2v) is 4.38. The molecule has 2 rings (SSSR count). The lowest BCUT2D eigenvalue weighted by molar-refractivity contribution is 0.0474. The summed E-state index contributed by atoms with van der Waals surface area (Å²) in [4.78, 5) is 12.0. The van der Waals surface area contributed by atoms with Crippen LogP contribution in [0.25, 0.3) is 0 Å². The molecule has 0 amide bonds. The van der Waals surface area contributed by atoms with E-state index < -0.39 is 5.97 Å².